The molecule has 0 spiro atoms. The fourth-order valence-electron chi connectivity index (χ4n) is 5.60. The first-order chi connectivity index (χ1) is 15.2. The molecule has 4 rings (SSSR count). The van der Waals surface area contributed by atoms with Crippen LogP contribution in [0.15, 0.2) is 12.4 Å². The zero-order chi connectivity index (χ0) is 21.7. The number of hydrogen-bond acceptors (Lipinski definition) is 7. The highest BCUT2D eigenvalue weighted by molar-refractivity contribution is 5.84. The summed E-state index contributed by atoms with van der Waals surface area (Å²) >= 11 is 0. The summed E-state index contributed by atoms with van der Waals surface area (Å²) in [6.07, 6.45) is 9.28. The first-order valence-corrected chi connectivity index (χ1v) is 11.9. The Kier molecular flexibility index (Phi) is 7.40. The molecule has 1 aromatic heterocycles. The van der Waals surface area contributed by atoms with Gasteiger partial charge in [0.25, 0.3) is 0 Å². The molecule has 8 heteroatoms. The highest BCUT2D eigenvalue weighted by Gasteiger charge is 2.52. The topological polar surface area (TPSA) is 90.8 Å². The molecule has 2 aliphatic heterocycles. The van der Waals surface area contributed by atoms with Crippen molar-refractivity contribution in [2.75, 3.05) is 57.4 Å². The summed E-state index contributed by atoms with van der Waals surface area (Å²) in [5.41, 5.74) is 0.713. The number of aliphatic hydroxyl groups excluding tert-OH is 1. The second kappa shape index (κ2) is 10.2. The van der Waals surface area contributed by atoms with Gasteiger partial charge in [-0.2, -0.15) is 0 Å². The SMILES string of the molecule is CCc1cnc(N2CC[C@@H]3C[C@H](N4CCOCC4)CC[C@@]3(C(=O)NCCCO)C2)nc1. The largest absolute Gasteiger partial charge is 0.396 e. The number of piperidine rings is 1. The molecule has 3 fully saturated rings. The van der Waals surface area contributed by atoms with Crippen LogP contribution in [0.2, 0.25) is 0 Å². The predicted molar refractivity (Wildman–Crippen MR) is 119 cm³/mol. The van der Waals surface area contributed by atoms with Crippen LogP contribution in [-0.2, 0) is 16.0 Å². The maximum Gasteiger partial charge on any atom is 0.228 e. The lowest BCUT2D eigenvalue weighted by atomic mass is 9.61. The van der Waals surface area contributed by atoms with Crippen LogP contribution in [0.25, 0.3) is 0 Å². The van der Waals surface area contributed by atoms with Crippen molar-refractivity contribution in [3.63, 3.8) is 0 Å². The molecule has 2 N–H and O–H groups in total. The number of hydrogen-bond donors (Lipinski definition) is 2. The number of anilines is 1. The molecule has 0 bridgehead atoms. The van der Waals surface area contributed by atoms with Crippen molar-refractivity contribution in [2.24, 2.45) is 11.3 Å². The smallest absolute Gasteiger partial charge is 0.228 e. The minimum atomic E-state index is -0.413. The van der Waals surface area contributed by atoms with Crippen LogP contribution in [0.1, 0.15) is 44.6 Å². The lowest BCUT2D eigenvalue weighted by Crippen LogP contribution is -2.61. The Hall–Kier alpha value is -1.77. The van der Waals surface area contributed by atoms with Gasteiger partial charge in [0.1, 0.15) is 0 Å². The minimum Gasteiger partial charge on any atom is -0.396 e. The molecular formula is C23H37N5O3. The van der Waals surface area contributed by atoms with Crippen LogP contribution in [0, 0.1) is 11.3 Å². The molecule has 0 unspecified atom stereocenters. The Morgan fingerprint density at radius 3 is 2.74 bits per heavy atom. The van der Waals surface area contributed by atoms with E-state index < -0.39 is 5.41 Å². The van der Waals surface area contributed by atoms with Gasteiger partial charge in [-0.1, -0.05) is 6.92 Å². The number of morpholine rings is 1. The van der Waals surface area contributed by atoms with Gasteiger partial charge >= 0.3 is 0 Å². The fourth-order valence-corrected chi connectivity index (χ4v) is 5.60. The van der Waals surface area contributed by atoms with E-state index in [4.69, 9.17) is 9.84 Å². The molecular weight excluding hydrogens is 394 g/mol. The lowest BCUT2D eigenvalue weighted by molar-refractivity contribution is -0.139. The number of fused-ring (bicyclic) bond motifs is 1. The number of nitrogens with one attached hydrogen (secondary N) is 1. The first-order valence-electron chi connectivity index (χ1n) is 11.9. The summed E-state index contributed by atoms with van der Waals surface area (Å²) in [6.45, 7) is 7.90. The van der Waals surface area contributed by atoms with Crippen LogP contribution in [0.4, 0.5) is 5.95 Å². The third-order valence-corrected chi connectivity index (χ3v) is 7.50. The van der Waals surface area contributed by atoms with Crippen molar-refractivity contribution in [3.8, 4) is 0 Å². The monoisotopic (exact) mass is 431 g/mol. The van der Waals surface area contributed by atoms with Gasteiger partial charge in [-0.3, -0.25) is 9.69 Å². The van der Waals surface area contributed by atoms with Gasteiger partial charge in [0.05, 0.1) is 18.6 Å². The number of aryl methyl sites for hydroxylation is 1. The van der Waals surface area contributed by atoms with Crippen LogP contribution in [0.3, 0.4) is 0 Å². The molecule has 1 aliphatic carbocycles. The van der Waals surface area contributed by atoms with Gasteiger partial charge in [-0.25, -0.2) is 9.97 Å². The van der Waals surface area contributed by atoms with E-state index >= 15 is 0 Å². The van der Waals surface area contributed by atoms with Gasteiger partial charge in [-0.05, 0) is 50.0 Å². The van der Waals surface area contributed by atoms with E-state index in [9.17, 15) is 4.79 Å². The molecule has 2 saturated heterocycles. The predicted octanol–water partition coefficient (Wildman–Crippen LogP) is 1.24. The Morgan fingerprint density at radius 2 is 2.03 bits per heavy atom. The van der Waals surface area contributed by atoms with E-state index in [1.54, 1.807) is 0 Å². The van der Waals surface area contributed by atoms with Crippen LogP contribution < -0.4 is 10.2 Å². The second-order valence-corrected chi connectivity index (χ2v) is 9.22. The van der Waals surface area contributed by atoms with E-state index in [0.717, 1.165) is 76.5 Å². The first kappa shape index (κ1) is 22.4. The summed E-state index contributed by atoms with van der Waals surface area (Å²) in [4.78, 5) is 27.5. The Balaban J connectivity index is 1.51. The van der Waals surface area contributed by atoms with E-state index in [0.29, 0.717) is 31.5 Å². The molecule has 1 amide bonds. The normalized spacial score (nSPS) is 29.4. The fraction of sp³-hybridized carbons (Fsp3) is 0.783. The summed E-state index contributed by atoms with van der Waals surface area (Å²) in [6, 6.07) is 0.541. The number of ether oxygens (including phenoxy) is 1. The van der Waals surface area contributed by atoms with Crippen LogP contribution >= 0.6 is 0 Å². The van der Waals surface area contributed by atoms with Gasteiger partial charge in [0.2, 0.25) is 11.9 Å². The maximum absolute atomic E-state index is 13.5. The summed E-state index contributed by atoms with van der Waals surface area (Å²) in [5.74, 6) is 1.23. The molecule has 1 saturated carbocycles. The zero-order valence-electron chi connectivity index (χ0n) is 18.8. The number of aromatic nitrogens is 2. The Morgan fingerprint density at radius 1 is 1.26 bits per heavy atom. The number of carbonyl (C=O) groups excluding carboxylic acids is 1. The van der Waals surface area contributed by atoms with Crippen molar-refractivity contribution < 1.29 is 14.6 Å². The van der Waals surface area contributed by atoms with Crippen molar-refractivity contribution >= 4 is 11.9 Å². The molecule has 172 valence electrons. The maximum atomic E-state index is 13.5. The van der Waals surface area contributed by atoms with E-state index in [1.807, 2.05) is 12.4 Å². The van der Waals surface area contributed by atoms with Crippen LogP contribution in [0.5, 0.6) is 0 Å². The van der Waals surface area contributed by atoms with E-state index in [2.05, 4.69) is 32.0 Å². The highest BCUT2D eigenvalue weighted by atomic mass is 16.5. The van der Waals surface area contributed by atoms with E-state index in [1.165, 1.54) is 0 Å². The number of nitrogens with zero attached hydrogens (tertiary/aromatic N) is 4. The van der Waals surface area contributed by atoms with Crippen molar-refractivity contribution in [3.05, 3.63) is 18.0 Å². The second-order valence-electron chi connectivity index (χ2n) is 9.22. The molecule has 3 heterocycles. The lowest BCUT2D eigenvalue weighted by Gasteiger charge is -2.53. The third kappa shape index (κ3) is 4.86. The van der Waals surface area contributed by atoms with Crippen molar-refractivity contribution in [2.45, 2.75) is 51.5 Å². The average Bonchev–Trinajstić information content (AvgIpc) is 2.84. The minimum absolute atomic E-state index is 0.0968. The molecule has 1 aromatic rings. The zero-order valence-corrected chi connectivity index (χ0v) is 18.8. The van der Waals surface area contributed by atoms with Gasteiger partial charge in [0.15, 0.2) is 0 Å². The van der Waals surface area contributed by atoms with Crippen LogP contribution in [-0.4, -0.2) is 84.5 Å². The number of carbonyl (C=O) groups is 1. The number of rotatable bonds is 7. The Labute approximate surface area is 185 Å². The quantitative estimate of drug-likeness (QED) is 0.628. The number of aliphatic hydroxyl groups is 1. The average molecular weight is 432 g/mol. The summed E-state index contributed by atoms with van der Waals surface area (Å²) < 4.78 is 5.54. The molecule has 3 atom stereocenters. The van der Waals surface area contributed by atoms with Crippen molar-refractivity contribution in [1.82, 2.24) is 20.2 Å². The third-order valence-electron chi connectivity index (χ3n) is 7.50. The van der Waals surface area contributed by atoms with Gasteiger partial charge in [-0.15, -0.1) is 0 Å². The molecule has 8 nitrogen and oxygen atoms in total. The Bertz CT molecular complexity index is 724. The number of amides is 1. The van der Waals surface area contributed by atoms with E-state index in [-0.39, 0.29) is 12.5 Å². The standard InChI is InChI=1S/C23H37N5O3/c1-2-18-15-25-22(26-16-18)28-8-5-19-14-20(27-9-12-31-13-10-27)4-6-23(19,17-28)21(30)24-7-3-11-29/h15-16,19-20,29H,2-14,17H2,1H3,(H,24,30)/t19-,20-,23-/m1/s1. The van der Waals surface area contributed by atoms with Crippen molar-refractivity contribution in [1.29, 1.82) is 0 Å². The molecule has 0 aromatic carbocycles. The van der Waals surface area contributed by atoms with Gasteiger partial charge < -0.3 is 20.1 Å². The summed E-state index contributed by atoms with van der Waals surface area (Å²) in [7, 11) is 0. The van der Waals surface area contributed by atoms with Gasteiger partial charge in [0, 0.05) is 57.8 Å². The molecule has 31 heavy (non-hydrogen) atoms. The molecule has 0 radical (unpaired) electrons. The highest BCUT2D eigenvalue weighted by Crippen LogP contribution is 2.48. The summed E-state index contributed by atoms with van der Waals surface area (Å²) in [5, 5.41) is 12.3. The molecule has 3 aliphatic rings.